The Bertz CT molecular complexity index is 1050. The van der Waals surface area contributed by atoms with E-state index in [-0.39, 0.29) is 5.56 Å². The highest BCUT2D eigenvalue weighted by Crippen LogP contribution is 2.35. The molecule has 0 unspecified atom stereocenters. The molecule has 0 radical (unpaired) electrons. The molecule has 1 aliphatic heterocycles. The van der Waals surface area contributed by atoms with Crippen molar-refractivity contribution >= 4 is 17.5 Å². The quantitative estimate of drug-likeness (QED) is 0.568. The van der Waals surface area contributed by atoms with Crippen molar-refractivity contribution in [3.63, 3.8) is 0 Å². The first-order chi connectivity index (χ1) is 16.5. The maximum atomic E-state index is 13.9. The van der Waals surface area contributed by atoms with E-state index in [0.29, 0.717) is 32.0 Å². The number of morpholine rings is 1. The fourth-order valence-corrected chi connectivity index (χ4v) is 3.76. The largest absolute Gasteiger partial charge is 0.416 e. The van der Waals surface area contributed by atoms with Crippen LogP contribution in [0.15, 0.2) is 36.4 Å². The van der Waals surface area contributed by atoms with Crippen LogP contribution in [0, 0.1) is 17.6 Å². The van der Waals surface area contributed by atoms with Gasteiger partial charge in [-0.2, -0.15) is 13.2 Å². The third kappa shape index (κ3) is 6.47. The van der Waals surface area contributed by atoms with E-state index in [2.05, 4.69) is 10.6 Å². The molecule has 0 saturated carbocycles. The number of hydrogen-bond acceptors (Lipinski definition) is 4. The number of nitrogens with zero attached hydrogens (tertiary/aromatic N) is 1. The predicted octanol–water partition coefficient (Wildman–Crippen LogP) is 3.89. The Morgan fingerprint density at radius 3 is 2.26 bits per heavy atom. The van der Waals surface area contributed by atoms with Crippen LogP contribution in [0.1, 0.15) is 35.3 Å². The normalized spacial score (nSPS) is 15.1. The number of anilines is 1. The Kier molecular flexibility index (Phi) is 8.31. The van der Waals surface area contributed by atoms with Crippen molar-refractivity contribution in [3.05, 3.63) is 64.7 Å². The van der Waals surface area contributed by atoms with Crippen LogP contribution >= 0.6 is 0 Å². The molecule has 0 bridgehead atoms. The van der Waals surface area contributed by atoms with Crippen molar-refractivity contribution in [2.45, 2.75) is 32.6 Å². The van der Waals surface area contributed by atoms with Gasteiger partial charge < -0.3 is 20.3 Å². The number of nitrogens with one attached hydrogen (secondary N) is 2. The number of amides is 2. The van der Waals surface area contributed by atoms with Gasteiger partial charge in [-0.25, -0.2) is 8.78 Å². The molecule has 0 aromatic heterocycles. The van der Waals surface area contributed by atoms with Crippen LogP contribution < -0.4 is 15.5 Å². The third-order valence-corrected chi connectivity index (χ3v) is 5.65. The first-order valence-corrected chi connectivity index (χ1v) is 11.0. The molecule has 190 valence electrons. The summed E-state index contributed by atoms with van der Waals surface area (Å²) in [5.74, 6) is -4.63. The lowest BCUT2D eigenvalue weighted by Gasteiger charge is -2.30. The van der Waals surface area contributed by atoms with Gasteiger partial charge in [0, 0.05) is 25.3 Å². The maximum absolute atomic E-state index is 13.9. The number of halogens is 5. The van der Waals surface area contributed by atoms with E-state index < -0.39 is 59.3 Å². The summed E-state index contributed by atoms with van der Waals surface area (Å²) in [7, 11) is 0. The van der Waals surface area contributed by atoms with E-state index in [4.69, 9.17) is 4.74 Å². The van der Waals surface area contributed by atoms with Crippen LogP contribution in [-0.2, 0) is 22.3 Å². The van der Waals surface area contributed by atoms with Crippen molar-refractivity contribution in [1.82, 2.24) is 10.6 Å². The van der Waals surface area contributed by atoms with Gasteiger partial charge >= 0.3 is 6.18 Å². The summed E-state index contributed by atoms with van der Waals surface area (Å²) in [5.41, 5.74) is -1.49. The van der Waals surface area contributed by atoms with Crippen molar-refractivity contribution in [2.24, 2.45) is 5.92 Å². The van der Waals surface area contributed by atoms with Gasteiger partial charge in [-0.15, -0.1) is 0 Å². The summed E-state index contributed by atoms with van der Waals surface area (Å²) in [6, 6.07) is 5.55. The molecule has 35 heavy (non-hydrogen) atoms. The average Bonchev–Trinajstić information content (AvgIpc) is 2.80. The highest BCUT2D eigenvalue weighted by Gasteiger charge is 2.35. The summed E-state index contributed by atoms with van der Waals surface area (Å²) < 4.78 is 74.4. The Hall–Kier alpha value is -3.21. The Morgan fingerprint density at radius 1 is 1.06 bits per heavy atom. The van der Waals surface area contributed by atoms with Crippen molar-refractivity contribution in [3.8, 4) is 0 Å². The van der Waals surface area contributed by atoms with Crippen molar-refractivity contribution in [2.75, 3.05) is 31.2 Å². The Morgan fingerprint density at radius 2 is 1.69 bits per heavy atom. The number of ether oxygens (including phenoxy) is 1. The molecule has 3 rings (SSSR count). The second-order valence-corrected chi connectivity index (χ2v) is 8.45. The molecule has 11 heteroatoms. The molecule has 2 aromatic carbocycles. The minimum atomic E-state index is -4.66. The van der Waals surface area contributed by atoms with Crippen LogP contribution in [-0.4, -0.2) is 44.2 Å². The molecular formula is C24H26F5N3O3. The Balaban J connectivity index is 1.75. The van der Waals surface area contributed by atoms with Gasteiger partial charge in [0.15, 0.2) is 0 Å². The second kappa shape index (κ2) is 11.0. The fraction of sp³-hybridized carbons (Fsp3) is 0.417. The van der Waals surface area contributed by atoms with Crippen molar-refractivity contribution < 1.29 is 36.3 Å². The zero-order valence-electron chi connectivity index (χ0n) is 19.2. The average molecular weight is 499 g/mol. The summed E-state index contributed by atoms with van der Waals surface area (Å²) in [6.07, 6.45) is -4.66. The maximum Gasteiger partial charge on any atom is 0.416 e. The molecule has 1 heterocycles. The molecular weight excluding hydrogens is 473 g/mol. The number of carbonyl (C=O) groups is 2. The Labute approximate surface area is 199 Å². The zero-order chi connectivity index (χ0) is 25.8. The van der Waals surface area contributed by atoms with E-state index in [0.717, 1.165) is 24.3 Å². The number of alkyl halides is 3. The molecule has 0 spiro atoms. The number of carbonyl (C=O) groups excluding carboxylic acids is 2. The SMILES string of the molecule is CC(C)[C@H](NC(=O)c1c(F)cccc1F)C(=O)NCc1ccc(N2CCOCC2)cc1C(F)(F)F. The van der Waals surface area contributed by atoms with E-state index >= 15 is 0 Å². The molecule has 0 aliphatic carbocycles. The van der Waals surface area contributed by atoms with Gasteiger partial charge in [-0.1, -0.05) is 26.0 Å². The van der Waals surface area contributed by atoms with Crippen LogP contribution in [0.4, 0.5) is 27.6 Å². The monoisotopic (exact) mass is 499 g/mol. The van der Waals surface area contributed by atoms with Gasteiger partial charge in [0.25, 0.3) is 5.91 Å². The van der Waals surface area contributed by atoms with E-state index in [1.54, 1.807) is 24.8 Å². The molecule has 2 aromatic rings. The van der Waals surface area contributed by atoms with Crippen LogP contribution in [0.5, 0.6) is 0 Å². The lowest BCUT2D eigenvalue weighted by Crippen LogP contribution is -2.49. The molecule has 1 atom stereocenters. The van der Waals surface area contributed by atoms with Gasteiger partial charge in [-0.3, -0.25) is 9.59 Å². The minimum Gasteiger partial charge on any atom is -0.378 e. The smallest absolute Gasteiger partial charge is 0.378 e. The topological polar surface area (TPSA) is 70.7 Å². The predicted molar refractivity (Wildman–Crippen MR) is 119 cm³/mol. The lowest BCUT2D eigenvalue weighted by molar-refractivity contribution is -0.138. The number of benzene rings is 2. The summed E-state index contributed by atoms with van der Waals surface area (Å²) >= 11 is 0. The lowest BCUT2D eigenvalue weighted by atomic mass is 10.0. The zero-order valence-corrected chi connectivity index (χ0v) is 19.2. The minimum absolute atomic E-state index is 0.156. The highest BCUT2D eigenvalue weighted by atomic mass is 19.4. The number of hydrogen-bond donors (Lipinski definition) is 2. The van der Waals surface area contributed by atoms with E-state index in [1.807, 2.05) is 0 Å². The van der Waals surface area contributed by atoms with Gasteiger partial charge in [0.2, 0.25) is 5.91 Å². The molecule has 1 saturated heterocycles. The van der Waals surface area contributed by atoms with Gasteiger partial charge in [-0.05, 0) is 35.7 Å². The van der Waals surface area contributed by atoms with Gasteiger partial charge in [0.1, 0.15) is 23.2 Å². The number of rotatable bonds is 7. The standard InChI is InChI=1S/C24H26F5N3O3/c1-14(2)21(31-22(33)20-18(25)4-3-5-19(20)26)23(34)30-13-15-6-7-16(12-17(15)24(27,28)29)32-8-10-35-11-9-32/h3-7,12,14,21H,8-11,13H2,1-2H3,(H,30,34)(H,31,33)/t21-/m0/s1. The molecule has 1 fully saturated rings. The van der Waals surface area contributed by atoms with Crippen LogP contribution in [0.3, 0.4) is 0 Å². The summed E-state index contributed by atoms with van der Waals surface area (Å²) in [6.45, 7) is 4.47. The second-order valence-electron chi connectivity index (χ2n) is 8.45. The van der Waals surface area contributed by atoms with Gasteiger partial charge in [0.05, 0.1) is 18.8 Å². The molecule has 2 amide bonds. The highest BCUT2D eigenvalue weighted by molar-refractivity contribution is 5.98. The molecule has 6 nitrogen and oxygen atoms in total. The third-order valence-electron chi connectivity index (χ3n) is 5.65. The van der Waals surface area contributed by atoms with E-state index in [1.165, 1.54) is 6.07 Å². The first kappa shape index (κ1) is 26.4. The first-order valence-electron chi connectivity index (χ1n) is 11.0. The van der Waals surface area contributed by atoms with Crippen molar-refractivity contribution in [1.29, 1.82) is 0 Å². The summed E-state index contributed by atoms with van der Waals surface area (Å²) in [4.78, 5) is 27.0. The molecule has 2 N–H and O–H groups in total. The fourth-order valence-electron chi connectivity index (χ4n) is 3.76. The molecule has 1 aliphatic rings. The van der Waals surface area contributed by atoms with E-state index in [9.17, 15) is 31.5 Å². The van der Waals surface area contributed by atoms with Crippen LogP contribution in [0.25, 0.3) is 0 Å². The van der Waals surface area contributed by atoms with Crippen LogP contribution in [0.2, 0.25) is 0 Å². The summed E-state index contributed by atoms with van der Waals surface area (Å²) in [5, 5.41) is 4.68.